The van der Waals surface area contributed by atoms with Gasteiger partial charge in [0.15, 0.2) is 0 Å². The number of carbonyl (C=O) groups is 1. The number of pyridine rings is 1. The van der Waals surface area contributed by atoms with Gasteiger partial charge in [-0.3, -0.25) is 20.5 Å². The molecule has 0 bridgehead atoms. The second-order valence-electron chi connectivity index (χ2n) is 4.28. The van der Waals surface area contributed by atoms with Gasteiger partial charge >= 0.3 is 0 Å². The van der Waals surface area contributed by atoms with Gasteiger partial charge in [-0.15, -0.1) is 0 Å². The van der Waals surface area contributed by atoms with Crippen molar-refractivity contribution >= 4 is 11.6 Å². The maximum Gasteiger partial charge on any atom is 0.255 e. The van der Waals surface area contributed by atoms with Crippen LogP contribution in [0.3, 0.4) is 0 Å². The average molecular weight is 265 g/mol. The monoisotopic (exact) mass is 265 g/mol. The molecule has 0 radical (unpaired) electrons. The predicted molar refractivity (Wildman–Crippen MR) is 71.6 cm³/mol. The second kappa shape index (κ2) is 7.03. The smallest absolute Gasteiger partial charge is 0.255 e. The third-order valence-electron chi connectivity index (χ3n) is 3.04. The van der Waals surface area contributed by atoms with E-state index in [1.165, 1.54) is 6.20 Å². The number of rotatable bonds is 5. The molecule has 1 fully saturated rings. The molecule has 104 valence electrons. The maximum atomic E-state index is 12.0. The van der Waals surface area contributed by atoms with Crippen LogP contribution in [-0.4, -0.2) is 55.2 Å². The van der Waals surface area contributed by atoms with Crippen molar-refractivity contribution in [2.24, 2.45) is 5.84 Å². The van der Waals surface area contributed by atoms with Crippen LogP contribution in [0.25, 0.3) is 0 Å². The first kappa shape index (κ1) is 13.7. The number of nitrogens with zero attached hydrogens (tertiary/aromatic N) is 2. The third-order valence-corrected chi connectivity index (χ3v) is 3.04. The number of hydrogen-bond donors (Lipinski definition) is 3. The number of anilines is 1. The molecule has 1 saturated heterocycles. The third kappa shape index (κ3) is 3.88. The first-order valence-corrected chi connectivity index (χ1v) is 6.30. The molecule has 19 heavy (non-hydrogen) atoms. The lowest BCUT2D eigenvalue weighted by molar-refractivity contribution is 0.0383. The molecule has 0 saturated carbocycles. The van der Waals surface area contributed by atoms with Gasteiger partial charge in [0.1, 0.15) is 0 Å². The lowest BCUT2D eigenvalue weighted by Crippen LogP contribution is -2.41. The molecule has 2 heterocycles. The number of aromatic nitrogens is 1. The Kier molecular flexibility index (Phi) is 5.08. The zero-order valence-electron chi connectivity index (χ0n) is 10.8. The van der Waals surface area contributed by atoms with Gasteiger partial charge in [0, 0.05) is 38.6 Å². The summed E-state index contributed by atoms with van der Waals surface area (Å²) in [6, 6.07) is 1.66. The molecule has 0 aromatic carbocycles. The first-order chi connectivity index (χ1) is 9.31. The van der Waals surface area contributed by atoms with E-state index in [0.29, 0.717) is 17.8 Å². The number of nitrogens with two attached hydrogens (primary N) is 1. The topological polar surface area (TPSA) is 92.5 Å². The van der Waals surface area contributed by atoms with Crippen LogP contribution >= 0.6 is 0 Å². The summed E-state index contributed by atoms with van der Waals surface area (Å²) >= 11 is 0. The van der Waals surface area contributed by atoms with E-state index in [1.54, 1.807) is 12.3 Å². The van der Waals surface area contributed by atoms with E-state index in [-0.39, 0.29) is 5.91 Å². The normalized spacial score (nSPS) is 16.1. The molecule has 7 heteroatoms. The van der Waals surface area contributed by atoms with Crippen molar-refractivity contribution in [1.82, 2.24) is 15.2 Å². The number of ether oxygens (including phenoxy) is 1. The summed E-state index contributed by atoms with van der Waals surface area (Å²) in [6.45, 7) is 4.77. The summed E-state index contributed by atoms with van der Waals surface area (Å²) in [5.41, 5.74) is 3.51. The van der Waals surface area contributed by atoms with Crippen LogP contribution in [0, 0.1) is 0 Å². The summed E-state index contributed by atoms with van der Waals surface area (Å²) in [4.78, 5) is 18.2. The fourth-order valence-electron chi connectivity index (χ4n) is 1.95. The van der Waals surface area contributed by atoms with Gasteiger partial charge in [-0.25, -0.2) is 0 Å². The summed E-state index contributed by atoms with van der Waals surface area (Å²) in [7, 11) is 0. The van der Waals surface area contributed by atoms with Gasteiger partial charge in [0.2, 0.25) is 0 Å². The van der Waals surface area contributed by atoms with Crippen LogP contribution in [0.1, 0.15) is 10.4 Å². The molecule has 1 aliphatic rings. The number of nitrogens with one attached hydrogen (secondary N) is 2. The molecule has 4 N–H and O–H groups in total. The minimum atomic E-state index is -0.172. The van der Waals surface area contributed by atoms with E-state index < -0.39 is 0 Å². The lowest BCUT2D eigenvalue weighted by atomic mass is 10.2. The van der Waals surface area contributed by atoms with E-state index >= 15 is 0 Å². The quantitative estimate of drug-likeness (QED) is 0.488. The van der Waals surface area contributed by atoms with Crippen LogP contribution in [0.5, 0.6) is 0 Å². The Hall–Kier alpha value is -1.70. The van der Waals surface area contributed by atoms with Crippen LogP contribution in [-0.2, 0) is 4.74 Å². The van der Waals surface area contributed by atoms with Crippen LogP contribution in [0.2, 0.25) is 0 Å². The maximum absolute atomic E-state index is 12.0. The highest BCUT2D eigenvalue weighted by atomic mass is 16.5. The summed E-state index contributed by atoms with van der Waals surface area (Å²) in [6.07, 6.45) is 3.08. The molecule has 1 aromatic heterocycles. The molecule has 2 rings (SSSR count). The minimum absolute atomic E-state index is 0.172. The number of amides is 1. The van der Waals surface area contributed by atoms with E-state index in [2.05, 4.69) is 20.6 Å². The standard InChI is InChI=1S/C12H19N5O2/c13-16-11-1-2-14-9-10(11)12(18)15-3-4-17-5-7-19-8-6-17/h1-2,9H,3-8,13H2,(H,14,16)(H,15,18). The van der Waals surface area contributed by atoms with E-state index in [1.807, 2.05) is 0 Å². The molecule has 0 atom stereocenters. The molecule has 7 nitrogen and oxygen atoms in total. The molecule has 0 spiro atoms. The Morgan fingerprint density at radius 2 is 2.26 bits per heavy atom. The fraction of sp³-hybridized carbons (Fsp3) is 0.500. The number of morpholine rings is 1. The van der Waals surface area contributed by atoms with Crippen LogP contribution in [0.15, 0.2) is 18.5 Å². The molecular weight excluding hydrogens is 246 g/mol. The predicted octanol–water partition coefficient (Wildman–Crippen LogP) is -0.571. The molecule has 1 aromatic rings. The Morgan fingerprint density at radius 3 is 3.00 bits per heavy atom. The van der Waals surface area contributed by atoms with Gasteiger partial charge in [-0.1, -0.05) is 0 Å². The lowest BCUT2D eigenvalue weighted by Gasteiger charge is -2.26. The minimum Gasteiger partial charge on any atom is -0.379 e. The number of carbonyl (C=O) groups excluding carboxylic acids is 1. The van der Waals surface area contributed by atoms with Gasteiger partial charge in [-0.2, -0.15) is 0 Å². The zero-order chi connectivity index (χ0) is 13.5. The van der Waals surface area contributed by atoms with Gasteiger partial charge in [-0.05, 0) is 6.07 Å². The fourth-order valence-corrected chi connectivity index (χ4v) is 1.95. The van der Waals surface area contributed by atoms with Crippen molar-refractivity contribution in [3.63, 3.8) is 0 Å². The second-order valence-corrected chi connectivity index (χ2v) is 4.28. The Morgan fingerprint density at radius 1 is 1.47 bits per heavy atom. The summed E-state index contributed by atoms with van der Waals surface area (Å²) < 4.78 is 5.27. The average Bonchev–Trinajstić information content (AvgIpc) is 2.48. The van der Waals surface area contributed by atoms with Crippen molar-refractivity contribution in [2.45, 2.75) is 0 Å². The van der Waals surface area contributed by atoms with E-state index in [9.17, 15) is 4.79 Å². The van der Waals surface area contributed by atoms with Gasteiger partial charge in [0.25, 0.3) is 5.91 Å². The summed E-state index contributed by atoms with van der Waals surface area (Å²) in [5, 5.41) is 2.86. The Bertz CT molecular complexity index is 420. The van der Waals surface area contributed by atoms with Crippen molar-refractivity contribution < 1.29 is 9.53 Å². The highest BCUT2D eigenvalue weighted by Crippen LogP contribution is 2.11. The largest absolute Gasteiger partial charge is 0.379 e. The molecular formula is C12H19N5O2. The van der Waals surface area contributed by atoms with E-state index in [0.717, 1.165) is 32.8 Å². The van der Waals surface area contributed by atoms with Crippen LogP contribution < -0.4 is 16.6 Å². The highest BCUT2D eigenvalue weighted by molar-refractivity contribution is 5.99. The Balaban J connectivity index is 1.80. The molecule has 0 unspecified atom stereocenters. The van der Waals surface area contributed by atoms with E-state index in [4.69, 9.17) is 10.6 Å². The van der Waals surface area contributed by atoms with Crippen molar-refractivity contribution in [1.29, 1.82) is 0 Å². The van der Waals surface area contributed by atoms with Crippen molar-refractivity contribution in [2.75, 3.05) is 44.8 Å². The van der Waals surface area contributed by atoms with Crippen molar-refractivity contribution in [3.05, 3.63) is 24.0 Å². The SMILES string of the molecule is NNc1ccncc1C(=O)NCCN1CCOCC1. The van der Waals surface area contributed by atoms with Gasteiger partial charge in [0.05, 0.1) is 24.5 Å². The summed E-state index contributed by atoms with van der Waals surface area (Å²) in [5.74, 6) is 5.18. The van der Waals surface area contributed by atoms with Crippen molar-refractivity contribution in [3.8, 4) is 0 Å². The number of hydrazine groups is 1. The Labute approximate surface area is 112 Å². The molecule has 1 amide bonds. The number of nitrogen functional groups attached to an aromatic ring is 1. The zero-order valence-corrected chi connectivity index (χ0v) is 10.8. The first-order valence-electron chi connectivity index (χ1n) is 6.30. The van der Waals surface area contributed by atoms with Crippen LogP contribution in [0.4, 0.5) is 5.69 Å². The number of hydrogen-bond acceptors (Lipinski definition) is 6. The highest BCUT2D eigenvalue weighted by Gasteiger charge is 2.12. The molecule has 1 aliphatic heterocycles. The van der Waals surface area contributed by atoms with Gasteiger partial charge < -0.3 is 15.5 Å². The molecule has 0 aliphatic carbocycles.